The first kappa shape index (κ1) is 17.5. The predicted molar refractivity (Wildman–Crippen MR) is 105 cm³/mol. The van der Waals surface area contributed by atoms with E-state index in [0.29, 0.717) is 11.6 Å². The van der Waals surface area contributed by atoms with Crippen LogP contribution < -0.4 is 5.32 Å². The van der Waals surface area contributed by atoms with Gasteiger partial charge in [0.25, 0.3) is 5.91 Å². The Labute approximate surface area is 159 Å². The van der Waals surface area contributed by atoms with Crippen LogP contribution >= 0.6 is 0 Å². The highest BCUT2D eigenvalue weighted by Crippen LogP contribution is 2.37. The lowest BCUT2D eigenvalue weighted by molar-refractivity contribution is 0.102. The van der Waals surface area contributed by atoms with Crippen LogP contribution in [0, 0.1) is 11.3 Å². The highest BCUT2D eigenvalue weighted by Gasteiger charge is 2.32. The number of aromatic amines is 1. The molecule has 0 spiro atoms. The first-order valence-corrected chi connectivity index (χ1v) is 9.39. The van der Waals surface area contributed by atoms with Crippen molar-refractivity contribution in [2.45, 2.75) is 40.0 Å². The Bertz CT molecular complexity index is 949. The molecule has 0 fully saturated rings. The van der Waals surface area contributed by atoms with Gasteiger partial charge in [-0.15, -0.1) is 0 Å². The van der Waals surface area contributed by atoms with E-state index in [9.17, 15) is 4.79 Å². The molecule has 0 saturated carbocycles. The summed E-state index contributed by atoms with van der Waals surface area (Å²) < 4.78 is 1.76. The molecule has 1 aromatic carbocycles. The molecule has 1 aliphatic carbocycles. The normalized spacial score (nSPS) is 16.8. The average molecular weight is 363 g/mol. The topological polar surface area (TPSA) is 75.6 Å². The molecular weight excluding hydrogens is 338 g/mol. The van der Waals surface area contributed by atoms with Gasteiger partial charge in [0.1, 0.15) is 0 Å². The van der Waals surface area contributed by atoms with Gasteiger partial charge in [0.15, 0.2) is 5.69 Å². The second-order valence-electron chi connectivity index (χ2n) is 8.29. The van der Waals surface area contributed by atoms with Crippen LogP contribution in [0.3, 0.4) is 0 Å². The van der Waals surface area contributed by atoms with Crippen molar-refractivity contribution in [2.24, 2.45) is 11.3 Å². The van der Waals surface area contributed by atoms with Crippen LogP contribution in [0.2, 0.25) is 0 Å². The summed E-state index contributed by atoms with van der Waals surface area (Å²) in [6.45, 7) is 6.80. The molecule has 6 nitrogen and oxygen atoms in total. The van der Waals surface area contributed by atoms with E-state index < -0.39 is 0 Å². The molecule has 0 aliphatic heterocycles. The van der Waals surface area contributed by atoms with E-state index in [2.05, 4.69) is 41.4 Å². The van der Waals surface area contributed by atoms with Crippen molar-refractivity contribution in [1.29, 1.82) is 0 Å². The van der Waals surface area contributed by atoms with Gasteiger partial charge in [-0.05, 0) is 54.9 Å². The van der Waals surface area contributed by atoms with Gasteiger partial charge in [-0.2, -0.15) is 10.2 Å². The number of anilines is 1. The lowest BCUT2D eigenvalue weighted by Crippen LogP contribution is -2.28. The number of fused-ring (bicyclic) bond motifs is 1. The van der Waals surface area contributed by atoms with Gasteiger partial charge in [-0.3, -0.25) is 9.89 Å². The van der Waals surface area contributed by atoms with Crippen molar-refractivity contribution in [3.63, 3.8) is 0 Å². The summed E-state index contributed by atoms with van der Waals surface area (Å²) in [5.74, 6) is 0.386. The summed E-state index contributed by atoms with van der Waals surface area (Å²) in [5, 5.41) is 14.6. The van der Waals surface area contributed by atoms with Crippen LogP contribution in [0.5, 0.6) is 0 Å². The summed E-state index contributed by atoms with van der Waals surface area (Å²) in [6, 6.07) is 9.51. The van der Waals surface area contributed by atoms with E-state index in [1.165, 1.54) is 0 Å². The third kappa shape index (κ3) is 3.52. The van der Waals surface area contributed by atoms with Crippen LogP contribution in [0.25, 0.3) is 5.69 Å². The number of rotatable bonds is 3. The highest BCUT2D eigenvalue weighted by molar-refractivity contribution is 6.04. The van der Waals surface area contributed by atoms with Crippen LogP contribution in [0.15, 0.2) is 42.7 Å². The Morgan fingerprint density at radius 2 is 2.15 bits per heavy atom. The van der Waals surface area contributed by atoms with Gasteiger partial charge in [0.05, 0.1) is 5.69 Å². The molecule has 2 heterocycles. The monoisotopic (exact) mass is 363 g/mol. The van der Waals surface area contributed by atoms with E-state index in [1.807, 2.05) is 36.5 Å². The van der Waals surface area contributed by atoms with Crippen LogP contribution in [-0.4, -0.2) is 25.9 Å². The highest BCUT2D eigenvalue weighted by atomic mass is 16.1. The summed E-state index contributed by atoms with van der Waals surface area (Å²) >= 11 is 0. The minimum absolute atomic E-state index is 0.167. The summed E-state index contributed by atoms with van der Waals surface area (Å²) in [4.78, 5) is 12.9. The standard InChI is InChI=1S/C21H25N5O/c1-21(2,3)14-8-9-18-17(12-14)19(25-24-18)20(27)23-15-6-4-7-16(13-15)26-11-5-10-22-26/h4-7,10-11,13-14H,8-9,12H2,1-3H3,(H,23,27)(H,24,25)/t14-/m0/s1. The zero-order valence-electron chi connectivity index (χ0n) is 16.0. The van der Waals surface area contributed by atoms with Crippen LogP contribution in [0.1, 0.15) is 48.9 Å². The second kappa shape index (κ2) is 6.68. The van der Waals surface area contributed by atoms with Crippen LogP contribution in [0.4, 0.5) is 5.69 Å². The quantitative estimate of drug-likeness (QED) is 0.738. The largest absolute Gasteiger partial charge is 0.321 e. The number of nitrogens with zero attached hydrogens (tertiary/aromatic N) is 3. The average Bonchev–Trinajstić information content (AvgIpc) is 3.30. The SMILES string of the molecule is CC(C)(C)[C@H]1CCc2[nH]nc(C(=O)Nc3cccc(-n4cccn4)c3)c2C1. The zero-order chi connectivity index (χ0) is 19.0. The molecule has 1 amide bonds. The molecule has 4 rings (SSSR count). The third-order valence-corrected chi connectivity index (χ3v) is 5.46. The Hall–Kier alpha value is -2.89. The van der Waals surface area contributed by atoms with E-state index in [-0.39, 0.29) is 11.3 Å². The fourth-order valence-electron chi connectivity index (χ4n) is 3.76. The fraction of sp³-hybridized carbons (Fsp3) is 0.381. The minimum atomic E-state index is -0.167. The number of hydrogen-bond acceptors (Lipinski definition) is 3. The van der Waals surface area contributed by atoms with E-state index in [0.717, 1.165) is 41.9 Å². The van der Waals surface area contributed by atoms with Gasteiger partial charge in [0, 0.05) is 29.3 Å². The number of aromatic nitrogens is 4. The van der Waals surface area contributed by atoms with Gasteiger partial charge >= 0.3 is 0 Å². The lowest BCUT2D eigenvalue weighted by Gasteiger charge is -2.33. The second-order valence-corrected chi connectivity index (χ2v) is 8.29. The number of hydrogen-bond donors (Lipinski definition) is 2. The molecule has 140 valence electrons. The molecule has 3 aromatic rings. The number of H-pyrrole nitrogens is 1. The molecule has 0 unspecified atom stereocenters. The number of amides is 1. The first-order valence-electron chi connectivity index (χ1n) is 9.39. The van der Waals surface area contributed by atoms with E-state index in [1.54, 1.807) is 10.9 Å². The van der Waals surface area contributed by atoms with Gasteiger partial charge in [-0.1, -0.05) is 26.8 Å². The van der Waals surface area contributed by atoms with Crippen molar-refractivity contribution in [1.82, 2.24) is 20.0 Å². The molecule has 6 heteroatoms. The Morgan fingerprint density at radius 3 is 2.89 bits per heavy atom. The number of aryl methyl sites for hydroxylation is 1. The van der Waals surface area contributed by atoms with Gasteiger partial charge < -0.3 is 5.32 Å². The van der Waals surface area contributed by atoms with E-state index >= 15 is 0 Å². The molecule has 1 aliphatic rings. The number of carbonyl (C=O) groups excluding carboxylic acids is 1. The molecule has 0 radical (unpaired) electrons. The van der Waals surface area contributed by atoms with Crippen molar-refractivity contribution < 1.29 is 4.79 Å². The summed E-state index contributed by atoms with van der Waals surface area (Å²) in [5.41, 5.74) is 4.54. The smallest absolute Gasteiger partial charge is 0.276 e. The first-order chi connectivity index (χ1) is 12.9. The molecule has 0 saturated heterocycles. The van der Waals surface area contributed by atoms with Crippen molar-refractivity contribution in [3.8, 4) is 5.69 Å². The number of carbonyl (C=O) groups is 1. The van der Waals surface area contributed by atoms with Crippen molar-refractivity contribution in [3.05, 3.63) is 59.7 Å². The minimum Gasteiger partial charge on any atom is -0.321 e. The van der Waals surface area contributed by atoms with Gasteiger partial charge in [0.2, 0.25) is 0 Å². The molecule has 2 aromatic heterocycles. The molecule has 27 heavy (non-hydrogen) atoms. The molecule has 0 bridgehead atoms. The maximum absolute atomic E-state index is 12.9. The fourth-order valence-corrected chi connectivity index (χ4v) is 3.76. The summed E-state index contributed by atoms with van der Waals surface area (Å²) in [6.07, 6.45) is 6.58. The molecule has 2 N–H and O–H groups in total. The van der Waals surface area contributed by atoms with E-state index in [4.69, 9.17) is 0 Å². The van der Waals surface area contributed by atoms with Crippen LogP contribution in [-0.2, 0) is 12.8 Å². The number of nitrogens with one attached hydrogen (secondary N) is 2. The maximum atomic E-state index is 12.9. The van der Waals surface area contributed by atoms with Crippen molar-refractivity contribution in [2.75, 3.05) is 5.32 Å². The maximum Gasteiger partial charge on any atom is 0.276 e. The molecular formula is C21H25N5O. The Balaban J connectivity index is 1.55. The van der Waals surface area contributed by atoms with Gasteiger partial charge in [-0.25, -0.2) is 4.68 Å². The summed E-state index contributed by atoms with van der Waals surface area (Å²) in [7, 11) is 0. The molecule has 1 atom stereocenters. The zero-order valence-corrected chi connectivity index (χ0v) is 16.0. The predicted octanol–water partition coefficient (Wildman–Crippen LogP) is 4.00. The number of benzene rings is 1. The Kier molecular flexibility index (Phi) is 4.34. The Morgan fingerprint density at radius 1 is 1.30 bits per heavy atom. The van der Waals surface area contributed by atoms with Crippen molar-refractivity contribution >= 4 is 11.6 Å². The lowest BCUT2D eigenvalue weighted by atomic mass is 9.71. The third-order valence-electron chi connectivity index (χ3n) is 5.46.